The minimum Gasteiger partial charge on any atom is -0.484 e. The lowest BCUT2D eigenvalue weighted by Gasteiger charge is -2.38. The first kappa shape index (κ1) is 23.5. The molecule has 1 amide bonds. The van der Waals surface area contributed by atoms with Crippen molar-refractivity contribution in [3.8, 4) is 5.75 Å². The van der Waals surface area contributed by atoms with Crippen molar-refractivity contribution in [1.82, 2.24) is 4.90 Å². The second-order valence-electron chi connectivity index (χ2n) is 9.39. The molecule has 1 aromatic carbocycles. The number of hydrogen-bond acceptors (Lipinski definition) is 3. The monoisotopic (exact) mass is 431 g/mol. The van der Waals surface area contributed by atoms with Gasteiger partial charge < -0.3 is 9.64 Å². The third-order valence-electron chi connectivity index (χ3n) is 7.11. The fourth-order valence-corrected chi connectivity index (χ4v) is 6.89. The Morgan fingerprint density at radius 3 is 2.40 bits per heavy atom. The summed E-state index contributed by atoms with van der Waals surface area (Å²) in [5, 5.41) is 0.593. The van der Waals surface area contributed by atoms with Gasteiger partial charge in [0.15, 0.2) is 6.61 Å². The smallest absolute Gasteiger partial charge is 0.260 e. The normalized spacial score (nSPS) is 21.6. The van der Waals surface area contributed by atoms with Gasteiger partial charge in [-0.3, -0.25) is 4.79 Å². The number of hydrogen-bond donors (Lipinski definition) is 0. The van der Waals surface area contributed by atoms with E-state index >= 15 is 0 Å². The molecule has 1 saturated carbocycles. The molecule has 0 radical (unpaired) electrons. The molecule has 1 aromatic rings. The Hall–Kier alpha value is -1.16. The van der Waals surface area contributed by atoms with Gasteiger partial charge in [-0.05, 0) is 55.9 Å². The Kier molecular flexibility index (Phi) is 9.42. The fourth-order valence-electron chi connectivity index (χ4n) is 5.08. The van der Waals surface area contributed by atoms with Crippen molar-refractivity contribution in [2.24, 2.45) is 5.41 Å². The maximum absolute atomic E-state index is 13.1. The average Bonchev–Trinajstić information content (AvgIpc) is 3.19. The number of carbonyl (C=O) groups excluding carboxylic acids is 1. The summed E-state index contributed by atoms with van der Waals surface area (Å²) in [5.74, 6) is 2.20. The summed E-state index contributed by atoms with van der Waals surface area (Å²) in [7, 11) is 0. The van der Waals surface area contributed by atoms with Crippen LogP contribution < -0.4 is 4.74 Å². The van der Waals surface area contributed by atoms with E-state index in [-0.39, 0.29) is 12.5 Å². The van der Waals surface area contributed by atoms with Crippen LogP contribution in [0.1, 0.15) is 83.1 Å². The Morgan fingerprint density at radius 1 is 1.07 bits per heavy atom. The number of thioether (sulfide) groups is 1. The van der Waals surface area contributed by atoms with Gasteiger partial charge in [0, 0.05) is 18.3 Å². The van der Waals surface area contributed by atoms with Gasteiger partial charge in [0.2, 0.25) is 0 Å². The van der Waals surface area contributed by atoms with Gasteiger partial charge >= 0.3 is 0 Å². The predicted molar refractivity (Wildman–Crippen MR) is 128 cm³/mol. The lowest BCUT2D eigenvalue weighted by atomic mass is 9.73. The quantitative estimate of drug-likeness (QED) is 0.463. The molecule has 3 nitrogen and oxygen atoms in total. The van der Waals surface area contributed by atoms with Crippen LogP contribution in [0.15, 0.2) is 24.3 Å². The van der Waals surface area contributed by atoms with Crippen LogP contribution in [0.3, 0.4) is 0 Å². The summed E-state index contributed by atoms with van der Waals surface area (Å²) in [6.07, 6.45) is 14.6. The molecule has 0 N–H and O–H groups in total. The van der Waals surface area contributed by atoms with E-state index in [1.165, 1.54) is 69.1 Å². The number of carbonyl (C=O) groups is 1. The van der Waals surface area contributed by atoms with E-state index < -0.39 is 0 Å². The Labute approximate surface area is 188 Å². The van der Waals surface area contributed by atoms with E-state index in [0.29, 0.717) is 10.7 Å². The largest absolute Gasteiger partial charge is 0.484 e. The summed E-state index contributed by atoms with van der Waals surface area (Å²) < 4.78 is 5.84. The van der Waals surface area contributed by atoms with E-state index in [9.17, 15) is 4.79 Å². The van der Waals surface area contributed by atoms with Gasteiger partial charge in [0.25, 0.3) is 5.91 Å². The fraction of sp³-hybridized carbons (Fsp3) is 0.731. The highest BCUT2D eigenvalue weighted by molar-refractivity contribution is 8.00. The van der Waals surface area contributed by atoms with Gasteiger partial charge in [-0.15, -0.1) is 0 Å². The van der Waals surface area contributed by atoms with Crippen LogP contribution in [-0.4, -0.2) is 41.5 Å². The number of unbranched alkanes of at least 4 members (excludes halogenated alkanes) is 1. The summed E-state index contributed by atoms with van der Waals surface area (Å²) in [4.78, 5) is 15.2. The number of benzene rings is 1. The molecule has 1 heterocycles. The lowest BCUT2D eigenvalue weighted by molar-refractivity contribution is -0.133. The molecule has 2 fully saturated rings. The molecule has 1 aliphatic heterocycles. The van der Waals surface area contributed by atoms with Crippen molar-refractivity contribution in [1.29, 1.82) is 0 Å². The standard InChI is InChI=1S/C26H41NO2S/c1-3-4-18-27(25(28)21-29-23-13-11-22(2)12-14-23)20-24-26(17-19-30-24)15-9-7-5-6-8-10-16-26/h11-14,24H,3-10,15-21H2,1-2H3. The molecule has 4 heteroatoms. The SMILES string of the molecule is CCCCN(CC1SCCC12CCCCCCCC2)C(=O)COc1ccc(C)cc1. The Morgan fingerprint density at radius 2 is 1.73 bits per heavy atom. The molecule has 168 valence electrons. The maximum atomic E-state index is 13.1. The van der Waals surface area contributed by atoms with Crippen LogP contribution in [0.4, 0.5) is 0 Å². The summed E-state index contributed by atoms with van der Waals surface area (Å²) in [6.45, 7) is 6.18. The summed E-state index contributed by atoms with van der Waals surface area (Å²) in [6, 6.07) is 7.98. The van der Waals surface area contributed by atoms with Crippen molar-refractivity contribution < 1.29 is 9.53 Å². The number of rotatable bonds is 8. The minimum atomic E-state index is 0.148. The van der Waals surface area contributed by atoms with Crippen LogP contribution in [0.25, 0.3) is 0 Å². The number of nitrogens with zero attached hydrogens (tertiary/aromatic N) is 1. The van der Waals surface area contributed by atoms with Crippen LogP contribution >= 0.6 is 11.8 Å². The third-order valence-corrected chi connectivity index (χ3v) is 8.60. The van der Waals surface area contributed by atoms with E-state index in [2.05, 4.69) is 30.5 Å². The van der Waals surface area contributed by atoms with Gasteiger partial charge in [-0.25, -0.2) is 0 Å². The number of amides is 1. The van der Waals surface area contributed by atoms with Gasteiger partial charge in [0.1, 0.15) is 5.75 Å². The zero-order valence-corrected chi connectivity index (χ0v) is 20.0. The molecule has 3 rings (SSSR count). The van der Waals surface area contributed by atoms with E-state index in [1.807, 2.05) is 24.3 Å². The zero-order valence-electron chi connectivity index (χ0n) is 19.2. The number of aryl methyl sites for hydroxylation is 1. The molecule has 0 aromatic heterocycles. The van der Waals surface area contributed by atoms with Crippen molar-refractivity contribution in [2.45, 2.75) is 89.7 Å². The van der Waals surface area contributed by atoms with Gasteiger partial charge in [0.05, 0.1) is 0 Å². The topological polar surface area (TPSA) is 29.5 Å². The van der Waals surface area contributed by atoms with Crippen molar-refractivity contribution >= 4 is 17.7 Å². The molecule has 1 saturated heterocycles. The third kappa shape index (κ3) is 6.67. The molecule has 1 aliphatic carbocycles. The van der Waals surface area contributed by atoms with Crippen LogP contribution in [0, 0.1) is 12.3 Å². The highest BCUT2D eigenvalue weighted by atomic mass is 32.2. The number of ether oxygens (including phenoxy) is 1. The molecule has 0 bridgehead atoms. The molecule has 2 aliphatic rings. The van der Waals surface area contributed by atoms with Crippen LogP contribution in [0.2, 0.25) is 0 Å². The van der Waals surface area contributed by atoms with Gasteiger partial charge in [-0.2, -0.15) is 11.8 Å². The maximum Gasteiger partial charge on any atom is 0.260 e. The first-order valence-electron chi connectivity index (χ1n) is 12.2. The van der Waals surface area contributed by atoms with Crippen LogP contribution in [0.5, 0.6) is 5.75 Å². The van der Waals surface area contributed by atoms with Crippen LogP contribution in [-0.2, 0) is 4.79 Å². The summed E-state index contributed by atoms with van der Waals surface area (Å²) in [5.41, 5.74) is 1.66. The Bertz CT molecular complexity index is 635. The first-order chi connectivity index (χ1) is 14.6. The Balaban J connectivity index is 1.63. The molecule has 30 heavy (non-hydrogen) atoms. The summed E-state index contributed by atoms with van der Waals surface area (Å²) >= 11 is 2.13. The minimum absolute atomic E-state index is 0.148. The highest BCUT2D eigenvalue weighted by Gasteiger charge is 2.43. The van der Waals surface area contributed by atoms with E-state index in [4.69, 9.17) is 4.74 Å². The molecule has 1 unspecified atom stereocenters. The molecule has 1 atom stereocenters. The van der Waals surface area contributed by atoms with Crippen molar-refractivity contribution in [3.05, 3.63) is 29.8 Å². The lowest BCUT2D eigenvalue weighted by Crippen LogP contribution is -2.44. The van der Waals surface area contributed by atoms with Gasteiger partial charge in [-0.1, -0.05) is 69.6 Å². The second-order valence-corrected chi connectivity index (χ2v) is 10.7. The van der Waals surface area contributed by atoms with E-state index in [0.717, 1.165) is 31.7 Å². The molecular weight excluding hydrogens is 390 g/mol. The van der Waals surface area contributed by atoms with Crippen molar-refractivity contribution in [3.63, 3.8) is 0 Å². The zero-order chi connectivity index (χ0) is 21.2. The first-order valence-corrected chi connectivity index (χ1v) is 13.3. The molecule has 1 spiro atoms. The highest BCUT2D eigenvalue weighted by Crippen LogP contribution is 2.51. The van der Waals surface area contributed by atoms with Crippen molar-refractivity contribution in [2.75, 3.05) is 25.4 Å². The van der Waals surface area contributed by atoms with E-state index in [1.54, 1.807) is 0 Å². The predicted octanol–water partition coefficient (Wildman–Crippen LogP) is 6.63. The average molecular weight is 432 g/mol. The second kappa shape index (κ2) is 12.0. The molecular formula is C26H41NO2S.